The maximum atomic E-state index is 13.2. The average Bonchev–Trinajstić information content (AvgIpc) is 3.55. The van der Waals surface area contributed by atoms with Crippen LogP contribution in [0, 0.1) is 0 Å². The van der Waals surface area contributed by atoms with Gasteiger partial charge in [-0.15, -0.1) is 5.10 Å². The number of nitrogens with zero attached hydrogens (tertiary/aromatic N) is 4. The van der Waals surface area contributed by atoms with Gasteiger partial charge in [-0.2, -0.15) is 0 Å². The van der Waals surface area contributed by atoms with Crippen molar-refractivity contribution in [3.8, 4) is 11.5 Å². The van der Waals surface area contributed by atoms with Gasteiger partial charge in [0.2, 0.25) is 0 Å². The molecule has 1 aliphatic heterocycles. The molecular weight excluding hydrogens is 398 g/mol. The SMILES string of the molecule is COc1cc(OC)cc(C(=O)N2CCCC2Cn2cc(C(=O)NC3CCCC3)nn2)c1. The monoisotopic (exact) mass is 427 g/mol. The third-order valence-corrected chi connectivity index (χ3v) is 6.10. The maximum absolute atomic E-state index is 13.2. The lowest BCUT2D eigenvalue weighted by Crippen LogP contribution is -2.38. The molecule has 0 spiro atoms. The second-order valence-electron chi connectivity index (χ2n) is 8.18. The van der Waals surface area contributed by atoms with Crippen molar-refractivity contribution in [1.82, 2.24) is 25.2 Å². The summed E-state index contributed by atoms with van der Waals surface area (Å²) in [6.07, 6.45) is 7.81. The minimum atomic E-state index is -0.180. The van der Waals surface area contributed by atoms with Crippen LogP contribution < -0.4 is 14.8 Å². The van der Waals surface area contributed by atoms with Crippen LogP contribution in [0.3, 0.4) is 0 Å². The van der Waals surface area contributed by atoms with Crippen molar-refractivity contribution in [2.45, 2.75) is 57.2 Å². The third-order valence-electron chi connectivity index (χ3n) is 6.10. The van der Waals surface area contributed by atoms with E-state index < -0.39 is 0 Å². The molecule has 1 atom stereocenters. The summed E-state index contributed by atoms with van der Waals surface area (Å²) in [6.45, 7) is 1.17. The second-order valence-corrected chi connectivity index (χ2v) is 8.18. The Balaban J connectivity index is 1.43. The topological polar surface area (TPSA) is 98.6 Å². The molecule has 2 heterocycles. The van der Waals surface area contributed by atoms with Crippen LogP contribution in [-0.4, -0.2) is 64.6 Å². The van der Waals surface area contributed by atoms with Crippen molar-refractivity contribution >= 4 is 11.8 Å². The van der Waals surface area contributed by atoms with E-state index in [9.17, 15) is 9.59 Å². The largest absolute Gasteiger partial charge is 0.497 e. The van der Waals surface area contributed by atoms with Crippen LogP contribution in [-0.2, 0) is 6.54 Å². The first-order chi connectivity index (χ1) is 15.1. The Morgan fingerprint density at radius 3 is 2.45 bits per heavy atom. The highest BCUT2D eigenvalue weighted by Crippen LogP contribution is 2.27. The number of benzene rings is 1. The molecule has 1 N–H and O–H groups in total. The van der Waals surface area contributed by atoms with Gasteiger partial charge in [-0.1, -0.05) is 18.1 Å². The summed E-state index contributed by atoms with van der Waals surface area (Å²) in [7, 11) is 3.12. The molecule has 2 amide bonds. The van der Waals surface area contributed by atoms with E-state index in [-0.39, 0.29) is 23.9 Å². The van der Waals surface area contributed by atoms with Crippen molar-refractivity contribution in [2.24, 2.45) is 0 Å². The Kier molecular flexibility index (Phi) is 6.39. The van der Waals surface area contributed by atoms with Gasteiger partial charge in [0, 0.05) is 24.2 Å². The van der Waals surface area contributed by atoms with Gasteiger partial charge in [0.1, 0.15) is 11.5 Å². The van der Waals surface area contributed by atoms with E-state index in [0.717, 1.165) is 38.5 Å². The first-order valence-electron chi connectivity index (χ1n) is 10.8. The fourth-order valence-corrected chi connectivity index (χ4v) is 4.43. The Morgan fingerprint density at radius 1 is 1.06 bits per heavy atom. The summed E-state index contributed by atoms with van der Waals surface area (Å²) in [5.41, 5.74) is 0.846. The first kappa shape index (κ1) is 21.1. The summed E-state index contributed by atoms with van der Waals surface area (Å²) in [4.78, 5) is 27.5. The van der Waals surface area contributed by atoms with Gasteiger partial charge in [-0.05, 0) is 37.8 Å². The minimum absolute atomic E-state index is 0.0165. The molecule has 1 aliphatic carbocycles. The number of nitrogens with one attached hydrogen (secondary N) is 1. The van der Waals surface area contributed by atoms with E-state index in [0.29, 0.717) is 35.8 Å². The Labute approximate surface area is 181 Å². The van der Waals surface area contributed by atoms with E-state index >= 15 is 0 Å². The molecule has 2 aliphatic rings. The molecular formula is C22H29N5O4. The summed E-state index contributed by atoms with van der Waals surface area (Å²) < 4.78 is 12.2. The molecule has 2 aromatic rings. The molecule has 1 saturated carbocycles. The second kappa shape index (κ2) is 9.36. The van der Waals surface area contributed by atoms with Crippen molar-refractivity contribution in [3.63, 3.8) is 0 Å². The zero-order valence-corrected chi connectivity index (χ0v) is 18.0. The molecule has 4 rings (SSSR count). The molecule has 1 saturated heterocycles. The third kappa shape index (κ3) is 4.81. The highest BCUT2D eigenvalue weighted by Gasteiger charge is 2.31. The number of rotatable bonds is 7. The van der Waals surface area contributed by atoms with Crippen molar-refractivity contribution < 1.29 is 19.1 Å². The van der Waals surface area contributed by atoms with Gasteiger partial charge in [0.25, 0.3) is 11.8 Å². The summed E-state index contributed by atoms with van der Waals surface area (Å²) >= 11 is 0. The fourth-order valence-electron chi connectivity index (χ4n) is 4.43. The van der Waals surface area contributed by atoms with E-state index in [1.54, 1.807) is 43.3 Å². The summed E-state index contributed by atoms with van der Waals surface area (Å²) in [5.74, 6) is 0.903. The predicted octanol–water partition coefficient (Wildman–Crippen LogP) is 2.27. The Morgan fingerprint density at radius 2 is 1.77 bits per heavy atom. The minimum Gasteiger partial charge on any atom is -0.497 e. The number of hydrogen-bond donors (Lipinski definition) is 1. The van der Waals surface area contributed by atoms with Crippen LogP contribution in [0.25, 0.3) is 0 Å². The standard InChI is InChI=1S/C22H29N5O4/c1-30-18-10-15(11-19(12-18)31-2)22(29)27-9-5-8-17(27)13-26-14-20(24-25-26)21(28)23-16-6-3-4-7-16/h10-12,14,16-17H,3-9,13H2,1-2H3,(H,23,28). The number of aromatic nitrogens is 3. The normalized spacial score (nSPS) is 18.9. The number of carbonyl (C=O) groups excluding carboxylic acids is 2. The molecule has 166 valence electrons. The van der Waals surface area contributed by atoms with Gasteiger partial charge >= 0.3 is 0 Å². The van der Waals surface area contributed by atoms with Gasteiger partial charge in [-0.3, -0.25) is 9.59 Å². The molecule has 9 heteroatoms. The highest BCUT2D eigenvalue weighted by atomic mass is 16.5. The van der Waals surface area contributed by atoms with Crippen LogP contribution >= 0.6 is 0 Å². The number of likely N-dealkylation sites (tertiary alicyclic amines) is 1. The molecule has 1 unspecified atom stereocenters. The predicted molar refractivity (Wildman–Crippen MR) is 113 cm³/mol. The molecule has 0 radical (unpaired) electrons. The van der Waals surface area contributed by atoms with Gasteiger partial charge in [0.05, 0.1) is 33.0 Å². The number of methoxy groups -OCH3 is 2. The van der Waals surface area contributed by atoms with Crippen LogP contribution in [0.2, 0.25) is 0 Å². The molecule has 31 heavy (non-hydrogen) atoms. The maximum Gasteiger partial charge on any atom is 0.273 e. The number of ether oxygens (including phenoxy) is 2. The van der Waals surface area contributed by atoms with Crippen LogP contribution in [0.1, 0.15) is 59.4 Å². The number of amides is 2. The van der Waals surface area contributed by atoms with E-state index in [1.165, 1.54) is 0 Å². The molecule has 1 aromatic heterocycles. The average molecular weight is 428 g/mol. The van der Waals surface area contributed by atoms with Crippen molar-refractivity contribution in [3.05, 3.63) is 35.7 Å². The zero-order chi connectivity index (χ0) is 21.8. The van der Waals surface area contributed by atoms with Gasteiger partial charge in [-0.25, -0.2) is 4.68 Å². The zero-order valence-electron chi connectivity index (χ0n) is 18.0. The molecule has 9 nitrogen and oxygen atoms in total. The number of carbonyl (C=O) groups is 2. The molecule has 0 bridgehead atoms. The molecule has 2 fully saturated rings. The van der Waals surface area contributed by atoms with Crippen LogP contribution in [0.4, 0.5) is 0 Å². The number of hydrogen-bond acceptors (Lipinski definition) is 6. The van der Waals surface area contributed by atoms with Gasteiger partial charge in [0.15, 0.2) is 5.69 Å². The summed E-state index contributed by atoms with van der Waals surface area (Å²) in [5, 5.41) is 11.2. The Bertz CT molecular complexity index is 915. The van der Waals surface area contributed by atoms with Crippen molar-refractivity contribution in [2.75, 3.05) is 20.8 Å². The fraction of sp³-hybridized carbons (Fsp3) is 0.545. The van der Waals surface area contributed by atoms with Crippen molar-refractivity contribution in [1.29, 1.82) is 0 Å². The first-order valence-corrected chi connectivity index (χ1v) is 10.8. The van der Waals surface area contributed by atoms with E-state index in [1.807, 2.05) is 4.90 Å². The van der Waals surface area contributed by atoms with E-state index in [2.05, 4.69) is 15.6 Å². The summed E-state index contributed by atoms with van der Waals surface area (Å²) in [6, 6.07) is 5.41. The van der Waals surface area contributed by atoms with Crippen LogP contribution in [0.15, 0.2) is 24.4 Å². The smallest absolute Gasteiger partial charge is 0.273 e. The lowest BCUT2D eigenvalue weighted by atomic mass is 10.1. The lowest BCUT2D eigenvalue weighted by Gasteiger charge is -2.25. The Hall–Kier alpha value is -3.10. The quantitative estimate of drug-likeness (QED) is 0.728. The highest BCUT2D eigenvalue weighted by molar-refractivity contribution is 5.95. The van der Waals surface area contributed by atoms with E-state index in [4.69, 9.17) is 9.47 Å². The lowest BCUT2D eigenvalue weighted by molar-refractivity contribution is 0.0720. The van der Waals surface area contributed by atoms with Gasteiger partial charge < -0.3 is 19.7 Å². The molecule has 1 aromatic carbocycles. The van der Waals surface area contributed by atoms with Crippen LogP contribution in [0.5, 0.6) is 11.5 Å².